The standard InChI is InChI=1S/C21H19F3N2O3S/c1-12-7-18(19(27)10-29-20(28)9-16-11-30-14(3)25-16)13(2)26(12)17-6-4-5-15(8-17)21(22,23)24/h4-8,11H,9-10H2,1-3H3. The fourth-order valence-corrected chi connectivity index (χ4v) is 3.79. The van der Waals surface area contributed by atoms with E-state index < -0.39 is 30.1 Å². The molecular weight excluding hydrogens is 417 g/mol. The molecule has 1 aromatic carbocycles. The normalized spacial score (nSPS) is 11.5. The largest absolute Gasteiger partial charge is 0.457 e. The van der Waals surface area contributed by atoms with Gasteiger partial charge in [0, 0.05) is 28.0 Å². The van der Waals surface area contributed by atoms with E-state index in [1.807, 2.05) is 6.92 Å². The van der Waals surface area contributed by atoms with E-state index in [0.29, 0.717) is 28.3 Å². The van der Waals surface area contributed by atoms with Crippen LogP contribution in [0.25, 0.3) is 5.69 Å². The van der Waals surface area contributed by atoms with Crippen molar-refractivity contribution < 1.29 is 27.5 Å². The van der Waals surface area contributed by atoms with Crippen LogP contribution in [0.2, 0.25) is 0 Å². The molecule has 3 aromatic rings. The minimum atomic E-state index is -4.46. The molecule has 0 aliphatic carbocycles. The second-order valence-corrected chi connectivity index (χ2v) is 7.85. The number of aromatic nitrogens is 2. The zero-order chi connectivity index (χ0) is 22.1. The molecular formula is C21H19F3N2O3S. The van der Waals surface area contributed by atoms with Gasteiger partial charge in [-0.3, -0.25) is 9.59 Å². The molecule has 30 heavy (non-hydrogen) atoms. The van der Waals surface area contributed by atoms with Crippen molar-refractivity contribution in [3.8, 4) is 5.69 Å². The highest BCUT2D eigenvalue weighted by Gasteiger charge is 2.31. The van der Waals surface area contributed by atoms with Gasteiger partial charge in [-0.1, -0.05) is 6.07 Å². The van der Waals surface area contributed by atoms with Crippen molar-refractivity contribution >= 4 is 23.1 Å². The number of ketones is 1. The highest BCUT2D eigenvalue weighted by molar-refractivity contribution is 7.09. The highest BCUT2D eigenvalue weighted by Crippen LogP contribution is 2.31. The van der Waals surface area contributed by atoms with Crippen molar-refractivity contribution in [2.75, 3.05) is 6.61 Å². The van der Waals surface area contributed by atoms with Crippen molar-refractivity contribution in [3.63, 3.8) is 0 Å². The van der Waals surface area contributed by atoms with Crippen molar-refractivity contribution in [2.45, 2.75) is 33.4 Å². The number of thiazole rings is 1. The number of benzene rings is 1. The molecule has 5 nitrogen and oxygen atoms in total. The first-order chi connectivity index (χ1) is 14.1. The van der Waals surface area contributed by atoms with Gasteiger partial charge >= 0.3 is 12.1 Å². The van der Waals surface area contributed by atoms with E-state index in [9.17, 15) is 22.8 Å². The minimum Gasteiger partial charge on any atom is -0.457 e. The molecule has 0 bridgehead atoms. The summed E-state index contributed by atoms with van der Waals surface area (Å²) in [4.78, 5) is 28.7. The Hall–Kier alpha value is -2.94. The molecule has 0 atom stereocenters. The Labute approximate surface area is 175 Å². The first-order valence-electron chi connectivity index (χ1n) is 9.02. The summed E-state index contributed by atoms with van der Waals surface area (Å²) in [5.74, 6) is -0.996. The molecule has 0 saturated heterocycles. The number of Topliss-reactive ketones (excluding diaryl/α,β-unsaturated/α-hetero) is 1. The van der Waals surface area contributed by atoms with Crippen molar-refractivity contribution in [1.82, 2.24) is 9.55 Å². The zero-order valence-electron chi connectivity index (χ0n) is 16.5. The highest BCUT2D eigenvalue weighted by atomic mass is 32.1. The topological polar surface area (TPSA) is 61.2 Å². The van der Waals surface area contributed by atoms with Crippen LogP contribution in [0.5, 0.6) is 0 Å². The van der Waals surface area contributed by atoms with Gasteiger partial charge in [-0.25, -0.2) is 4.98 Å². The average Bonchev–Trinajstić information content (AvgIpc) is 3.21. The third-order valence-electron chi connectivity index (χ3n) is 4.52. The number of aryl methyl sites for hydroxylation is 2. The second kappa shape index (κ2) is 8.43. The molecule has 0 aliphatic heterocycles. The summed E-state index contributed by atoms with van der Waals surface area (Å²) in [6.07, 6.45) is -4.49. The van der Waals surface area contributed by atoms with E-state index >= 15 is 0 Å². The van der Waals surface area contributed by atoms with Crippen LogP contribution in [-0.4, -0.2) is 27.9 Å². The van der Waals surface area contributed by atoms with E-state index in [1.54, 1.807) is 35.9 Å². The number of halogens is 3. The fourth-order valence-electron chi connectivity index (χ4n) is 3.18. The lowest BCUT2D eigenvalue weighted by Gasteiger charge is -2.13. The molecule has 0 radical (unpaired) electrons. The minimum absolute atomic E-state index is 0.0269. The van der Waals surface area contributed by atoms with Gasteiger partial charge in [0.15, 0.2) is 6.61 Å². The van der Waals surface area contributed by atoms with Crippen LogP contribution in [0.1, 0.15) is 38.0 Å². The Bertz CT molecular complexity index is 1100. The molecule has 158 valence electrons. The number of ether oxygens (including phenoxy) is 1. The number of alkyl halides is 3. The van der Waals surface area contributed by atoms with Crippen LogP contribution in [0.15, 0.2) is 35.7 Å². The van der Waals surface area contributed by atoms with Gasteiger partial charge in [-0.2, -0.15) is 13.2 Å². The van der Waals surface area contributed by atoms with Crippen LogP contribution < -0.4 is 0 Å². The van der Waals surface area contributed by atoms with Gasteiger partial charge in [0.1, 0.15) is 0 Å². The summed E-state index contributed by atoms with van der Waals surface area (Å²) in [6, 6.07) is 6.46. The number of hydrogen-bond donors (Lipinski definition) is 0. The van der Waals surface area contributed by atoms with Gasteiger partial charge in [0.25, 0.3) is 0 Å². The Morgan fingerprint density at radius 1 is 1.17 bits per heavy atom. The monoisotopic (exact) mass is 436 g/mol. The Balaban J connectivity index is 1.75. The SMILES string of the molecule is Cc1nc(CC(=O)OCC(=O)c2cc(C)n(-c3cccc(C(F)(F)F)c3)c2C)cs1. The summed E-state index contributed by atoms with van der Waals surface area (Å²) >= 11 is 1.42. The summed E-state index contributed by atoms with van der Waals surface area (Å²) in [5.41, 5.74) is 1.48. The molecule has 0 amide bonds. The van der Waals surface area contributed by atoms with Crippen LogP contribution in [0.4, 0.5) is 13.2 Å². The number of carbonyl (C=O) groups is 2. The molecule has 0 unspecified atom stereocenters. The molecule has 0 aliphatic rings. The molecule has 0 fully saturated rings. The lowest BCUT2D eigenvalue weighted by Crippen LogP contribution is -2.16. The lowest BCUT2D eigenvalue weighted by molar-refractivity contribution is -0.141. The quantitative estimate of drug-likeness (QED) is 0.410. The number of rotatable bonds is 6. The maximum atomic E-state index is 13.0. The molecule has 0 saturated carbocycles. The molecule has 9 heteroatoms. The number of carbonyl (C=O) groups excluding carboxylic acids is 2. The van der Waals surface area contributed by atoms with Crippen molar-refractivity contribution in [3.05, 3.63) is 68.9 Å². The van der Waals surface area contributed by atoms with Gasteiger partial charge in [0.05, 0.1) is 22.7 Å². The smallest absolute Gasteiger partial charge is 0.416 e. The summed E-state index contributed by atoms with van der Waals surface area (Å²) in [6.45, 7) is 4.71. The average molecular weight is 436 g/mol. The zero-order valence-corrected chi connectivity index (χ0v) is 17.4. The first-order valence-corrected chi connectivity index (χ1v) is 9.90. The maximum absolute atomic E-state index is 13.0. The van der Waals surface area contributed by atoms with E-state index in [2.05, 4.69) is 4.98 Å². The third-order valence-corrected chi connectivity index (χ3v) is 5.34. The van der Waals surface area contributed by atoms with E-state index in [4.69, 9.17) is 4.74 Å². The van der Waals surface area contributed by atoms with Gasteiger partial charge in [0.2, 0.25) is 5.78 Å². The van der Waals surface area contributed by atoms with Crippen LogP contribution in [0.3, 0.4) is 0 Å². The Morgan fingerprint density at radius 3 is 2.53 bits per heavy atom. The van der Waals surface area contributed by atoms with Gasteiger partial charge in [-0.15, -0.1) is 11.3 Å². The number of esters is 1. The van der Waals surface area contributed by atoms with Crippen LogP contribution in [0, 0.1) is 20.8 Å². The summed E-state index contributed by atoms with van der Waals surface area (Å²) in [5, 5.41) is 2.58. The molecule has 0 N–H and O–H groups in total. The number of hydrogen-bond acceptors (Lipinski definition) is 5. The predicted octanol–water partition coefficient (Wildman–Crippen LogP) is 4.85. The van der Waals surface area contributed by atoms with Gasteiger partial charge < -0.3 is 9.30 Å². The van der Waals surface area contributed by atoms with Crippen LogP contribution >= 0.6 is 11.3 Å². The first kappa shape index (κ1) is 21.8. The molecule has 0 spiro atoms. The Morgan fingerprint density at radius 2 is 1.90 bits per heavy atom. The van der Waals surface area contributed by atoms with E-state index in [1.165, 1.54) is 17.4 Å². The maximum Gasteiger partial charge on any atom is 0.416 e. The fraction of sp³-hybridized carbons (Fsp3) is 0.286. The lowest BCUT2D eigenvalue weighted by atomic mass is 10.1. The van der Waals surface area contributed by atoms with Gasteiger partial charge in [-0.05, 0) is 45.0 Å². The van der Waals surface area contributed by atoms with Crippen LogP contribution in [-0.2, 0) is 22.1 Å². The van der Waals surface area contributed by atoms with Crippen molar-refractivity contribution in [1.29, 1.82) is 0 Å². The molecule has 2 heterocycles. The van der Waals surface area contributed by atoms with E-state index in [0.717, 1.165) is 17.1 Å². The second-order valence-electron chi connectivity index (χ2n) is 6.79. The summed E-state index contributed by atoms with van der Waals surface area (Å²) < 4.78 is 45.7. The van der Waals surface area contributed by atoms with E-state index in [-0.39, 0.29) is 6.42 Å². The molecule has 2 aromatic heterocycles. The Kier molecular flexibility index (Phi) is 6.12. The number of nitrogens with zero attached hydrogens (tertiary/aromatic N) is 2. The summed E-state index contributed by atoms with van der Waals surface area (Å²) in [7, 11) is 0. The predicted molar refractivity (Wildman–Crippen MR) is 106 cm³/mol. The molecule has 3 rings (SSSR count). The van der Waals surface area contributed by atoms with Crippen molar-refractivity contribution in [2.24, 2.45) is 0 Å². The third kappa shape index (κ3) is 4.79.